The molecule has 0 amide bonds. The zero-order valence-electron chi connectivity index (χ0n) is 19.2. The topological polar surface area (TPSA) is 25.8 Å². The lowest BCUT2D eigenvalue weighted by Gasteiger charge is -2.14. The Morgan fingerprint density at radius 2 is 1.25 bits per heavy atom. The van der Waals surface area contributed by atoms with Crippen molar-refractivity contribution in [3.63, 3.8) is 0 Å². The van der Waals surface area contributed by atoms with E-state index in [-0.39, 0.29) is 0 Å². The van der Waals surface area contributed by atoms with Gasteiger partial charge in [-0.05, 0) is 34.5 Å². The van der Waals surface area contributed by atoms with Crippen LogP contribution in [0.2, 0.25) is 5.15 Å². The number of aromatic nitrogens is 2. The Morgan fingerprint density at radius 1 is 0.556 bits per heavy atom. The fourth-order valence-electron chi connectivity index (χ4n) is 4.91. The molecule has 0 fully saturated rings. The largest absolute Gasteiger partial charge is 0.228 e. The van der Waals surface area contributed by atoms with Gasteiger partial charge in [0.2, 0.25) is 0 Å². The van der Waals surface area contributed by atoms with Crippen LogP contribution < -0.4 is 0 Å². The average molecular weight is 499 g/mol. The second-order valence-corrected chi connectivity index (χ2v) is 10.2. The number of benzene rings is 5. The molecule has 36 heavy (non-hydrogen) atoms. The summed E-state index contributed by atoms with van der Waals surface area (Å²) in [6.07, 6.45) is 0. The third-order valence-electron chi connectivity index (χ3n) is 6.58. The number of fused-ring (bicyclic) bond motifs is 4. The van der Waals surface area contributed by atoms with Crippen LogP contribution in [0.5, 0.6) is 0 Å². The molecular weight excluding hydrogens is 480 g/mol. The van der Waals surface area contributed by atoms with E-state index < -0.39 is 0 Å². The first-order chi connectivity index (χ1) is 17.7. The monoisotopic (exact) mass is 498 g/mol. The van der Waals surface area contributed by atoms with Crippen LogP contribution in [-0.2, 0) is 0 Å². The van der Waals surface area contributed by atoms with Crippen LogP contribution in [0.15, 0.2) is 115 Å². The summed E-state index contributed by atoms with van der Waals surface area (Å²) >= 11 is 8.40. The average Bonchev–Trinajstić information content (AvgIpc) is 3.31. The molecule has 4 heteroatoms. The number of hydrogen-bond acceptors (Lipinski definition) is 3. The molecule has 0 aliphatic rings. The molecule has 170 valence electrons. The van der Waals surface area contributed by atoms with Crippen molar-refractivity contribution in [2.75, 3.05) is 0 Å². The van der Waals surface area contributed by atoms with Gasteiger partial charge >= 0.3 is 0 Å². The molecular formula is C32H19ClN2S. The zero-order valence-corrected chi connectivity index (χ0v) is 20.7. The van der Waals surface area contributed by atoms with E-state index in [4.69, 9.17) is 16.6 Å². The maximum atomic E-state index is 6.57. The summed E-state index contributed by atoms with van der Waals surface area (Å²) in [6, 6.07) is 40.0. The first-order valence-electron chi connectivity index (χ1n) is 11.8. The molecule has 0 atom stereocenters. The summed E-state index contributed by atoms with van der Waals surface area (Å²) in [5.41, 5.74) is 5.13. The summed E-state index contributed by atoms with van der Waals surface area (Å²) in [5, 5.41) is 5.35. The lowest BCUT2D eigenvalue weighted by Crippen LogP contribution is -1.95. The third kappa shape index (κ3) is 3.56. The van der Waals surface area contributed by atoms with E-state index in [1.54, 1.807) is 0 Å². The van der Waals surface area contributed by atoms with Crippen LogP contribution in [0.25, 0.3) is 64.7 Å². The highest BCUT2D eigenvalue weighted by Gasteiger charge is 2.17. The van der Waals surface area contributed by atoms with Gasteiger partial charge in [-0.15, -0.1) is 11.3 Å². The molecule has 0 N–H and O–H groups in total. The van der Waals surface area contributed by atoms with Crippen molar-refractivity contribution in [3.8, 4) is 33.8 Å². The van der Waals surface area contributed by atoms with Gasteiger partial charge in [-0.25, -0.2) is 9.97 Å². The van der Waals surface area contributed by atoms with E-state index in [0.29, 0.717) is 11.0 Å². The standard InChI is InChI=1S/C32H19ClN2S/c33-30-19-28(34-32(35-30)20-9-2-1-3-10-20)27-18-22-12-5-4-11-21(22)17-26(27)25-15-8-14-24-23-13-6-7-16-29(23)36-31(24)25/h1-19H. The minimum absolute atomic E-state index is 0.429. The van der Waals surface area contributed by atoms with E-state index in [2.05, 4.69) is 83.8 Å². The van der Waals surface area contributed by atoms with E-state index in [0.717, 1.165) is 27.8 Å². The SMILES string of the molecule is Clc1cc(-c2cc3ccccc3cc2-c2cccc3c2sc2ccccc23)nc(-c2ccccc2)n1. The fourth-order valence-corrected chi connectivity index (χ4v) is 6.32. The van der Waals surface area contributed by atoms with Crippen LogP contribution in [-0.4, -0.2) is 9.97 Å². The molecule has 0 saturated heterocycles. The maximum Gasteiger partial charge on any atom is 0.161 e. The predicted octanol–water partition coefficient (Wildman–Crippen LogP) is 9.65. The maximum absolute atomic E-state index is 6.57. The minimum Gasteiger partial charge on any atom is -0.228 e. The number of hydrogen-bond donors (Lipinski definition) is 0. The van der Waals surface area contributed by atoms with Gasteiger partial charge in [0.05, 0.1) is 5.69 Å². The van der Waals surface area contributed by atoms with Crippen molar-refractivity contribution in [1.29, 1.82) is 0 Å². The van der Waals surface area contributed by atoms with Gasteiger partial charge in [0, 0.05) is 42.9 Å². The first-order valence-corrected chi connectivity index (χ1v) is 13.0. The number of rotatable bonds is 3. The molecule has 0 aliphatic carbocycles. The van der Waals surface area contributed by atoms with Crippen molar-refractivity contribution in [3.05, 3.63) is 120 Å². The molecule has 0 saturated carbocycles. The molecule has 0 spiro atoms. The first kappa shape index (κ1) is 21.3. The summed E-state index contributed by atoms with van der Waals surface area (Å²) in [6.45, 7) is 0. The molecule has 2 aromatic heterocycles. The zero-order chi connectivity index (χ0) is 24.1. The van der Waals surface area contributed by atoms with Crippen LogP contribution >= 0.6 is 22.9 Å². The van der Waals surface area contributed by atoms with E-state index in [1.165, 1.54) is 31.1 Å². The normalized spacial score (nSPS) is 11.5. The molecule has 0 radical (unpaired) electrons. The van der Waals surface area contributed by atoms with Crippen LogP contribution in [0.3, 0.4) is 0 Å². The summed E-state index contributed by atoms with van der Waals surface area (Å²) in [7, 11) is 0. The number of halogens is 1. The Kier molecular flexibility index (Phi) is 5.05. The van der Waals surface area contributed by atoms with Crippen molar-refractivity contribution in [2.24, 2.45) is 0 Å². The van der Waals surface area contributed by atoms with Gasteiger partial charge in [-0.3, -0.25) is 0 Å². The van der Waals surface area contributed by atoms with Crippen LogP contribution in [0.4, 0.5) is 0 Å². The summed E-state index contributed by atoms with van der Waals surface area (Å²) in [4.78, 5) is 9.53. The van der Waals surface area contributed by atoms with Gasteiger partial charge in [0.15, 0.2) is 5.82 Å². The molecule has 2 nitrogen and oxygen atoms in total. The van der Waals surface area contributed by atoms with Gasteiger partial charge < -0.3 is 0 Å². The molecule has 0 aliphatic heterocycles. The third-order valence-corrected chi connectivity index (χ3v) is 8.00. The quantitative estimate of drug-likeness (QED) is 0.226. The minimum atomic E-state index is 0.429. The van der Waals surface area contributed by atoms with E-state index in [1.807, 2.05) is 47.7 Å². The second kappa shape index (κ2) is 8.56. The molecule has 7 aromatic rings. The Bertz CT molecular complexity index is 1910. The molecule has 2 heterocycles. The Labute approximate surface area is 217 Å². The summed E-state index contributed by atoms with van der Waals surface area (Å²) in [5.74, 6) is 0.622. The van der Waals surface area contributed by atoms with Gasteiger partial charge in [-0.2, -0.15) is 0 Å². The Balaban J connectivity index is 1.54. The van der Waals surface area contributed by atoms with Crippen LogP contribution in [0, 0.1) is 0 Å². The fraction of sp³-hybridized carbons (Fsp3) is 0. The lowest BCUT2D eigenvalue weighted by molar-refractivity contribution is 1.18. The molecule has 7 rings (SSSR count). The van der Waals surface area contributed by atoms with Gasteiger partial charge in [0.1, 0.15) is 5.15 Å². The molecule has 0 unspecified atom stereocenters. The molecule has 0 bridgehead atoms. The van der Waals surface area contributed by atoms with E-state index >= 15 is 0 Å². The number of nitrogens with zero attached hydrogens (tertiary/aromatic N) is 2. The predicted molar refractivity (Wildman–Crippen MR) is 154 cm³/mol. The van der Waals surface area contributed by atoms with Crippen molar-refractivity contribution >= 4 is 53.9 Å². The highest BCUT2D eigenvalue weighted by molar-refractivity contribution is 7.26. The number of thiophene rings is 1. The van der Waals surface area contributed by atoms with Crippen molar-refractivity contribution < 1.29 is 0 Å². The summed E-state index contributed by atoms with van der Waals surface area (Å²) < 4.78 is 2.57. The smallest absolute Gasteiger partial charge is 0.161 e. The van der Waals surface area contributed by atoms with Crippen molar-refractivity contribution in [2.45, 2.75) is 0 Å². The van der Waals surface area contributed by atoms with E-state index in [9.17, 15) is 0 Å². The van der Waals surface area contributed by atoms with Gasteiger partial charge in [0.25, 0.3) is 0 Å². The van der Waals surface area contributed by atoms with Gasteiger partial charge in [-0.1, -0.05) is 103 Å². The molecule has 5 aromatic carbocycles. The Morgan fingerprint density at radius 3 is 2.08 bits per heavy atom. The van der Waals surface area contributed by atoms with Crippen molar-refractivity contribution in [1.82, 2.24) is 9.97 Å². The highest BCUT2D eigenvalue weighted by atomic mass is 35.5. The lowest BCUT2D eigenvalue weighted by atomic mass is 9.93. The highest BCUT2D eigenvalue weighted by Crippen LogP contribution is 2.43. The Hall–Kier alpha value is -4.05. The second-order valence-electron chi connectivity index (χ2n) is 8.79. The van der Waals surface area contributed by atoms with Crippen LogP contribution in [0.1, 0.15) is 0 Å².